The van der Waals surface area contributed by atoms with Crippen LogP contribution in [0.25, 0.3) is 0 Å². The van der Waals surface area contributed by atoms with E-state index in [0.717, 1.165) is 5.56 Å². The van der Waals surface area contributed by atoms with Crippen LogP contribution >= 0.6 is 11.6 Å². The highest BCUT2D eigenvalue weighted by Crippen LogP contribution is 2.25. The molecule has 1 amide bonds. The van der Waals surface area contributed by atoms with Crippen LogP contribution < -0.4 is 10.1 Å². The van der Waals surface area contributed by atoms with Gasteiger partial charge in [-0.25, -0.2) is 9.37 Å². The quantitative estimate of drug-likeness (QED) is 0.727. The second-order valence-electron chi connectivity index (χ2n) is 5.23. The van der Waals surface area contributed by atoms with E-state index in [2.05, 4.69) is 10.3 Å². The van der Waals surface area contributed by atoms with E-state index in [4.69, 9.17) is 16.3 Å². The number of ether oxygens (including phenoxy) is 1. The van der Waals surface area contributed by atoms with Crippen LogP contribution in [0.15, 0.2) is 66.9 Å². The van der Waals surface area contributed by atoms with Crippen molar-refractivity contribution in [3.63, 3.8) is 0 Å². The Morgan fingerprint density at radius 1 is 1.12 bits per heavy atom. The first-order valence-electron chi connectivity index (χ1n) is 7.53. The SMILES string of the molecule is O=C(NCc1ccccc1)c1cc(Cl)cnc1Oc1ccc(F)cc1. The molecule has 0 saturated carbocycles. The lowest BCUT2D eigenvalue weighted by Crippen LogP contribution is -2.23. The third-order valence-corrected chi connectivity index (χ3v) is 3.59. The van der Waals surface area contributed by atoms with Gasteiger partial charge in [0.25, 0.3) is 5.91 Å². The van der Waals surface area contributed by atoms with E-state index in [1.165, 1.54) is 36.5 Å². The van der Waals surface area contributed by atoms with Crippen LogP contribution in [0.5, 0.6) is 11.6 Å². The standard InChI is InChI=1S/C19H14ClFN2O2/c20-14-10-17(18(24)22-11-13-4-2-1-3-5-13)19(23-12-14)25-16-8-6-15(21)7-9-16/h1-10,12H,11H2,(H,22,24). The number of nitrogens with one attached hydrogen (secondary N) is 1. The summed E-state index contributed by atoms with van der Waals surface area (Å²) in [6.45, 7) is 0.363. The van der Waals surface area contributed by atoms with Crippen molar-refractivity contribution >= 4 is 17.5 Å². The van der Waals surface area contributed by atoms with E-state index in [1.54, 1.807) is 0 Å². The zero-order chi connectivity index (χ0) is 17.6. The molecular formula is C19H14ClFN2O2. The highest BCUT2D eigenvalue weighted by Gasteiger charge is 2.15. The summed E-state index contributed by atoms with van der Waals surface area (Å²) in [5.41, 5.74) is 1.17. The number of aromatic nitrogens is 1. The number of halogens is 2. The summed E-state index contributed by atoms with van der Waals surface area (Å²) in [5.74, 6) is -0.275. The van der Waals surface area contributed by atoms with Gasteiger partial charge in [0.2, 0.25) is 5.88 Å². The van der Waals surface area contributed by atoms with Crippen LogP contribution in [0.3, 0.4) is 0 Å². The molecule has 0 fully saturated rings. The summed E-state index contributed by atoms with van der Waals surface area (Å²) in [7, 11) is 0. The molecule has 4 nitrogen and oxygen atoms in total. The van der Waals surface area contributed by atoms with Gasteiger partial charge in [0.15, 0.2) is 0 Å². The van der Waals surface area contributed by atoms with E-state index in [9.17, 15) is 9.18 Å². The summed E-state index contributed by atoms with van der Waals surface area (Å²) in [6, 6.07) is 16.4. The number of benzene rings is 2. The van der Waals surface area contributed by atoms with Gasteiger partial charge in [-0.2, -0.15) is 0 Å². The molecule has 3 rings (SSSR count). The Balaban J connectivity index is 1.78. The molecule has 0 spiro atoms. The fourth-order valence-electron chi connectivity index (χ4n) is 2.16. The van der Waals surface area contributed by atoms with Crippen molar-refractivity contribution < 1.29 is 13.9 Å². The molecule has 0 atom stereocenters. The van der Waals surface area contributed by atoms with Gasteiger partial charge in [-0.1, -0.05) is 41.9 Å². The average Bonchev–Trinajstić information content (AvgIpc) is 2.64. The summed E-state index contributed by atoms with van der Waals surface area (Å²) >= 11 is 5.95. The first kappa shape index (κ1) is 16.9. The number of carbonyl (C=O) groups is 1. The molecule has 126 valence electrons. The average molecular weight is 357 g/mol. The molecule has 25 heavy (non-hydrogen) atoms. The molecule has 1 aromatic heterocycles. The number of pyridine rings is 1. The Morgan fingerprint density at radius 3 is 2.56 bits per heavy atom. The highest BCUT2D eigenvalue weighted by atomic mass is 35.5. The van der Waals surface area contributed by atoms with Crippen molar-refractivity contribution in [2.45, 2.75) is 6.54 Å². The zero-order valence-electron chi connectivity index (χ0n) is 13.1. The zero-order valence-corrected chi connectivity index (χ0v) is 13.8. The van der Waals surface area contributed by atoms with E-state index in [0.29, 0.717) is 17.3 Å². The number of rotatable bonds is 5. The van der Waals surface area contributed by atoms with Gasteiger partial charge >= 0.3 is 0 Å². The molecule has 1 heterocycles. The third kappa shape index (κ3) is 4.55. The predicted molar refractivity (Wildman–Crippen MR) is 93.3 cm³/mol. The van der Waals surface area contributed by atoms with Crippen LogP contribution in [-0.4, -0.2) is 10.9 Å². The molecule has 6 heteroatoms. The van der Waals surface area contributed by atoms with E-state index in [1.807, 2.05) is 30.3 Å². The lowest BCUT2D eigenvalue weighted by Gasteiger charge is -2.11. The Hall–Kier alpha value is -2.92. The van der Waals surface area contributed by atoms with Crippen LogP contribution in [0.4, 0.5) is 4.39 Å². The highest BCUT2D eigenvalue weighted by molar-refractivity contribution is 6.30. The summed E-state index contributed by atoms with van der Waals surface area (Å²) in [5, 5.41) is 3.12. The van der Waals surface area contributed by atoms with E-state index >= 15 is 0 Å². The maximum absolute atomic E-state index is 13.0. The Bertz CT molecular complexity index is 870. The molecule has 0 saturated heterocycles. The molecule has 0 aliphatic heterocycles. The van der Waals surface area contributed by atoms with E-state index < -0.39 is 0 Å². The van der Waals surface area contributed by atoms with Crippen LogP contribution in [0.2, 0.25) is 5.02 Å². The molecule has 0 bridgehead atoms. The van der Waals surface area contributed by atoms with Crippen LogP contribution in [-0.2, 0) is 6.54 Å². The second-order valence-corrected chi connectivity index (χ2v) is 5.67. The molecule has 1 N–H and O–H groups in total. The summed E-state index contributed by atoms with van der Waals surface area (Å²) in [6.07, 6.45) is 1.38. The number of hydrogen-bond donors (Lipinski definition) is 1. The van der Waals surface area contributed by atoms with Gasteiger partial charge in [-0.05, 0) is 35.9 Å². The molecular weight excluding hydrogens is 343 g/mol. The van der Waals surface area contributed by atoms with Crippen molar-refractivity contribution in [3.05, 3.63) is 88.8 Å². The van der Waals surface area contributed by atoms with Crippen molar-refractivity contribution in [1.29, 1.82) is 0 Å². The lowest BCUT2D eigenvalue weighted by molar-refractivity contribution is 0.0948. The fraction of sp³-hybridized carbons (Fsp3) is 0.0526. The molecule has 0 radical (unpaired) electrons. The fourth-order valence-corrected chi connectivity index (χ4v) is 2.32. The maximum Gasteiger partial charge on any atom is 0.257 e. The van der Waals surface area contributed by atoms with E-state index in [-0.39, 0.29) is 23.2 Å². The topological polar surface area (TPSA) is 51.2 Å². The van der Waals surface area contributed by atoms with Crippen LogP contribution in [0.1, 0.15) is 15.9 Å². The van der Waals surface area contributed by atoms with Crippen molar-refractivity contribution in [2.75, 3.05) is 0 Å². The predicted octanol–water partition coefficient (Wildman–Crippen LogP) is 4.60. The normalized spacial score (nSPS) is 10.3. The van der Waals surface area contributed by atoms with Gasteiger partial charge in [0.1, 0.15) is 17.1 Å². The van der Waals surface area contributed by atoms with Gasteiger partial charge in [-0.15, -0.1) is 0 Å². The molecule has 0 unspecified atom stereocenters. The number of hydrogen-bond acceptors (Lipinski definition) is 3. The first-order valence-corrected chi connectivity index (χ1v) is 7.91. The molecule has 2 aromatic carbocycles. The lowest BCUT2D eigenvalue weighted by atomic mass is 10.2. The smallest absolute Gasteiger partial charge is 0.257 e. The molecule has 3 aromatic rings. The summed E-state index contributed by atoms with van der Waals surface area (Å²) in [4.78, 5) is 16.5. The second kappa shape index (κ2) is 7.77. The van der Waals surface area contributed by atoms with Gasteiger partial charge in [0.05, 0.1) is 5.02 Å². The Kier molecular flexibility index (Phi) is 5.26. The summed E-state index contributed by atoms with van der Waals surface area (Å²) < 4.78 is 18.6. The monoisotopic (exact) mass is 356 g/mol. The van der Waals surface area contributed by atoms with Gasteiger partial charge in [-0.3, -0.25) is 4.79 Å². The number of nitrogens with zero attached hydrogens (tertiary/aromatic N) is 1. The minimum Gasteiger partial charge on any atom is -0.438 e. The third-order valence-electron chi connectivity index (χ3n) is 3.39. The minimum atomic E-state index is -0.378. The number of carbonyl (C=O) groups excluding carboxylic acids is 1. The Labute approximate surface area is 149 Å². The number of amides is 1. The first-order chi connectivity index (χ1) is 12.1. The van der Waals surface area contributed by atoms with Gasteiger partial charge in [0, 0.05) is 12.7 Å². The van der Waals surface area contributed by atoms with Gasteiger partial charge < -0.3 is 10.1 Å². The van der Waals surface area contributed by atoms with Crippen LogP contribution in [0, 0.1) is 5.82 Å². The molecule has 0 aliphatic rings. The molecule has 0 aliphatic carbocycles. The minimum absolute atomic E-state index is 0.0987. The largest absolute Gasteiger partial charge is 0.438 e. The maximum atomic E-state index is 13.0. The Morgan fingerprint density at radius 2 is 1.84 bits per heavy atom. The van der Waals surface area contributed by atoms with Crippen molar-refractivity contribution in [2.24, 2.45) is 0 Å². The van der Waals surface area contributed by atoms with Crippen molar-refractivity contribution in [3.8, 4) is 11.6 Å². The van der Waals surface area contributed by atoms with Crippen molar-refractivity contribution in [1.82, 2.24) is 10.3 Å².